The highest BCUT2D eigenvalue weighted by molar-refractivity contribution is 9.10. The van der Waals surface area contributed by atoms with Crippen LogP contribution in [0.2, 0.25) is 15.1 Å². The normalized spacial score (nSPS) is 14.0. The molecule has 1 fully saturated rings. The van der Waals surface area contributed by atoms with Crippen LogP contribution in [0.3, 0.4) is 0 Å². The van der Waals surface area contributed by atoms with E-state index in [1.54, 1.807) is 27.8 Å². The highest BCUT2D eigenvalue weighted by Crippen LogP contribution is 2.53. The van der Waals surface area contributed by atoms with Crippen molar-refractivity contribution in [1.29, 1.82) is 0 Å². The lowest BCUT2D eigenvalue weighted by Crippen LogP contribution is -2.08. The molecular weight excluding hydrogens is 649 g/mol. The number of hydrogen-bond acceptors (Lipinski definition) is 6. The molecule has 12 heteroatoms. The predicted octanol–water partition coefficient (Wildman–Crippen LogP) is 8.03. The molecule has 8 nitrogen and oxygen atoms in total. The van der Waals surface area contributed by atoms with E-state index in [-0.39, 0.29) is 5.41 Å². The maximum atomic E-state index is 6.71. The summed E-state index contributed by atoms with van der Waals surface area (Å²) in [5.74, 6) is 0.850. The SMILES string of the molecule is Clc1ccc(C2(c3nnc(-c4nn(-c5ccc(Cl)cc5Cl)c(-c5ccc(Br)cc5)c4Cn4cncn4)o3)CC2)cc1. The summed E-state index contributed by atoms with van der Waals surface area (Å²) in [4.78, 5) is 4.13. The molecule has 3 aromatic heterocycles. The Labute approximate surface area is 258 Å². The molecule has 0 aliphatic heterocycles. The van der Waals surface area contributed by atoms with Gasteiger partial charge in [0.2, 0.25) is 5.89 Å². The van der Waals surface area contributed by atoms with E-state index in [1.807, 2.05) is 54.6 Å². The van der Waals surface area contributed by atoms with Crippen molar-refractivity contribution < 1.29 is 4.42 Å². The highest BCUT2D eigenvalue weighted by atomic mass is 79.9. The van der Waals surface area contributed by atoms with Crippen molar-refractivity contribution in [2.45, 2.75) is 24.8 Å². The van der Waals surface area contributed by atoms with Crippen molar-refractivity contribution in [2.24, 2.45) is 0 Å². The first-order valence-electron chi connectivity index (χ1n) is 12.7. The van der Waals surface area contributed by atoms with Gasteiger partial charge in [-0.1, -0.05) is 75.0 Å². The van der Waals surface area contributed by atoms with Gasteiger partial charge >= 0.3 is 0 Å². The molecule has 3 aromatic carbocycles. The van der Waals surface area contributed by atoms with Gasteiger partial charge < -0.3 is 4.42 Å². The zero-order valence-corrected chi connectivity index (χ0v) is 25.0. The molecule has 204 valence electrons. The molecule has 1 aliphatic carbocycles. The van der Waals surface area contributed by atoms with Crippen LogP contribution in [0, 0.1) is 0 Å². The second-order valence-electron chi connectivity index (χ2n) is 9.78. The Hall–Kier alpha value is -3.50. The molecule has 0 unspecified atom stereocenters. The quantitative estimate of drug-likeness (QED) is 0.171. The number of nitrogens with zero attached hydrogens (tertiary/aromatic N) is 7. The molecule has 3 heterocycles. The summed E-state index contributed by atoms with van der Waals surface area (Å²) in [5.41, 5.74) is 4.45. The summed E-state index contributed by atoms with van der Waals surface area (Å²) in [6.45, 7) is 0.353. The zero-order valence-electron chi connectivity index (χ0n) is 21.2. The van der Waals surface area contributed by atoms with Gasteiger partial charge in [0.25, 0.3) is 5.89 Å². The van der Waals surface area contributed by atoms with Gasteiger partial charge in [-0.05, 0) is 60.9 Å². The zero-order chi connectivity index (χ0) is 28.1. The van der Waals surface area contributed by atoms with Gasteiger partial charge in [0.15, 0.2) is 5.69 Å². The van der Waals surface area contributed by atoms with Gasteiger partial charge in [0.1, 0.15) is 12.7 Å². The number of benzene rings is 3. The van der Waals surface area contributed by atoms with Crippen LogP contribution in [0.4, 0.5) is 0 Å². The van der Waals surface area contributed by atoms with Crippen LogP contribution in [-0.4, -0.2) is 34.7 Å². The second-order valence-corrected chi connectivity index (χ2v) is 12.0. The average molecular weight is 668 g/mol. The van der Waals surface area contributed by atoms with Gasteiger partial charge in [-0.3, -0.25) is 0 Å². The third-order valence-electron chi connectivity index (χ3n) is 7.21. The fraction of sp³-hybridized carbons (Fsp3) is 0.138. The molecule has 0 N–H and O–H groups in total. The van der Waals surface area contributed by atoms with Crippen LogP contribution in [0.15, 0.2) is 88.3 Å². The molecule has 1 aliphatic rings. The van der Waals surface area contributed by atoms with Crippen molar-refractivity contribution in [2.75, 3.05) is 0 Å². The fourth-order valence-corrected chi connectivity index (χ4v) is 5.89. The van der Waals surface area contributed by atoms with Crippen molar-refractivity contribution >= 4 is 50.7 Å². The second kappa shape index (κ2) is 10.4. The van der Waals surface area contributed by atoms with Gasteiger partial charge in [-0.2, -0.15) is 10.2 Å². The number of rotatable bonds is 7. The number of hydrogen-bond donors (Lipinski definition) is 0. The molecule has 0 amide bonds. The summed E-state index contributed by atoms with van der Waals surface area (Å²) in [5, 5.41) is 20.0. The van der Waals surface area contributed by atoms with Crippen LogP contribution >= 0.6 is 50.7 Å². The van der Waals surface area contributed by atoms with E-state index in [2.05, 4.69) is 36.2 Å². The Morgan fingerprint density at radius 1 is 0.902 bits per heavy atom. The number of halogens is 4. The van der Waals surface area contributed by atoms with Crippen LogP contribution in [0.1, 0.15) is 29.9 Å². The summed E-state index contributed by atoms with van der Waals surface area (Å²) in [7, 11) is 0. The van der Waals surface area contributed by atoms with E-state index in [0.717, 1.165) is 39.7 Å². The minimum Gasteiger partial charge on any atom is -0.418 e. The molecule has 0 saturated heterocycles. The van der Waals surface area contributed by atoms with Crippen LogP contribution in [0.5, 0.6) is 0 Å². The lowest BCUT2D eigenvalue weighted by atomic mass is 9.96. The lowest BCUT2D eigenvalue weighted by Gasteiger charge is -2.12. The first-order chi connectivity index (χ1) is 19.9. The van der Waals surface area contributed by atoms with Crippen molar-refractivity contribution in [3.8, 4) is 28.5 Å². The largest absolute Gasteiger partial charge is 0.418 e. The van der Waals surface area contributed by atoms with Crippen LogP contribution in [-0.2, 0) is 12.0 Å². The van der Waals surface area contributed by atoms with Crippen molar-refractivity contribution in [3.05, 3.63) is 116 Å². The average Bonchev–Trinajstić information content (AvgIpc) is 3.29. The Bertz CT molecular complexity index is 1860. The van der Waals surface area contributed by atoms with E-state index < -0.39 is 0 Å². The van der Waals surface area contributed by atoms with Gasteiger partial charge in [-0.25, -0.2) is 14.3 Å². The smallest absolute Gasteiger partial charge is 0.268 e. The van der Waals surface area contributed by atoms with Crippen LogP contribution in [0.25, 0.3) is 28.5 Å². The van der Waals surface area contributed by atoms with Crippen LogP contribution < -0.4 is 0 Å². The molecule has 0 radical (unpaired) electrons. The predicted molar refractivity (Wildman–Crippen MR) is 161 cm³/mol. The molecule has 1 saturated carbocycles. The highest BCUT2D eigenvalue weighted by Gasteiger charge is 2.51. The van der Waals surface area contributed by atoms with E-state index >= 15 is 0 Å². The lowest BCUT2D eigenvalue weighted by molar-refractivity contribution is 0.470. The Kier molecular flexibility index (Phi) is 6.70. The standard InChI is InChI=1S/C29H19BrCl3N7O/c30-19-5-1-17(2-6-19)26-22(14-39-16-34-15-35-39)25(38-40(26)24-10-9-21(32)13-23(24)33)27-36-37-28(41-27)29(11-12-29)18-3-7-20(31)8-4-18/h1-10,13,15-16H,11-12,14H2. The van der Waals surface area contributed by atoms with E-state index in [0.29, 0.717) is 44.8 Å². The van der Waals surface area contributed by atoms with Gasteiger partial charge in [-0.15, -0.1) is 10.2 Å². The minimum atomic E-state index is -0.335. The first-order valence-corrected chi connectivity index (χ1v) is 14.6. The molecule has 0 spiro atoms. The van der Waals surface area contributed by atoms with Gasteiger partial charge in [0, 0.05) is 25.6 Å². The van der Waals surface area contributed by atoms with Crippen molar-refractivity contribution in [3.63, 3.8) is 0 Å². The third-order valence-corrected chi connectivity index (χ3v) is 8.53. The Balaban J connectivity index is 1.43. The minimum absolute atomic E-state index is 0.303. The summed E-state index contributed by atoms with van der Waals surface area (Å²) < 4.78 is 10.9. The third kappa shape index (κ3) is 4.86. The first kappa shape index (κ1) is 26.4. The molecule has 41 heavy (non-hydrogen) atoms. The summed E-state index contributed by atoms with van der Waals surface area (Å²) in [6, 6.07) is 21.1. The Morgan fingerprint density at radius 2 is 1.66 bits per heavy atom. The summed E-state index contributed by atoms with van der Waals surface area (Å²) in [6.07, 6.45) is 4.95. The van der Waals surface area contributed by atoms with E-state index in [9.17, 15) is 0 Å². The fourth-order valence-electron chi connectivity index (χ4n) is 5.01. The monoisotopic (exact) mass is 665 g/mol. The molecule has 7 rings (SSSR count). The van der Waals surface area contributed by atoms with E-state index in [1.165, 1.54) is 6.33 Å². The van der Waals surface area contributed by atoms with E-state index in [4.69, 9.17) is 44.3 Å². The maximum absolute atomic E-state index is 6.71. The molecule has 6 aromatic rings. The Morgan fingerprint density at radius 3 is 2.34 bits per heavy atom. The van der Waals surface area contributed by atoms with Gasteiger partial charge in [0.05, 0.1) is 28.4 Å². The summed E-state index contributed by atoms with van der Waals surface area (Å²) >= 11 is 22.6. The maximum Gasteiger partial charge on any atom is 0.268 e. The topological polar surface area (TPSA) is 87.5 Å². The van der Waals surface area contributed by atoms with Crippen molar-refractivity contribution in [1.82, 2.24) is 34.7 Å². The molecular formula is C29H19BrCl3N7O. The number of aromatic nitrogens is 7. The molecule has 0 bridgehead atoms. The molecule has 0 atom stereocenters.